The van der Waals surface area contributed by atoms with Gasteiger partial charge in [-0.05, 0) is 19.3 Å². The SMILES string of the molecule is Cc1ccc(-c2cc(CN3C[C@@H]4CCOC[C@]4(C(=O)O)C3)on2)cc1. The minimum absolute atomic E-state index is 0.137. The topological polar surface area (TPSA) is 75.8 Å². The Bertz CT molecular complexity index is 770. The first-order chi connectivity index (χ1) is 12.1. The summed E-state index contributed by atoms with van der Waals surface area (Å²) in [5, 5.41) is 13.9. The number of ether oxygens (including phenoxy) is 1. The van der Waals surface area contributed by atoms with Crippen LogP contribution in [0, 0.1) is 18.3 Å². The van der Waals surface area contributed by atoms with E-state index in [-0.39, 0.29) is 5.92 Å². The molecule has 4 rings (SSSR count). The van der Waals surface area contributed by atoms with Gasteiger partial charge in [0.1, 0.15) is 11.1 Å². The van der Waals surface area contributed by atoms with Crippen molar-refractivity contribution in [2.24, 2.45) is 11.3 Å². The third-order valence-electron chi connectivity index (χ3n) is 5.45. The molecule has 0 amide bonds. The van der Waals surface area contributed by atoms with Gasteiger partial charge in [0.15, 0.2) is 5.76 Å². The van der Waals surface area contributed by atoms with Gasteiger partial charge in [-0.3, -0.25) is 9.69 Å². The molecule has 2 saturated heterocycles. The van der Waals surface area contributed by atoms with E-state index < -0.39 is 11.4 Å². The molecule has 2 fully saturated rings. The predicted octanol–water partition coefficient (Wildman–Crippen LogP) is 2.57. The Hall–Kier alpha value is -2.18. The average Bonchev–Trinajstić information content (AvgIpc) is 3.20. The fourth-order valence-electron chi connectivity index (χ4n) is 3.98. The standard InChI is InChI=1S/C19H22N2O4/c1-13-2-4-14(5-3-13)17-8-16(25-20-17)10-21-9-15-6-7-24-12-19(15,11-21)18(22)23/h2-5,8,15H,6-7,9-12H2,1H3,(H,22,23)/t15-,19+/m0/s1. The number of aliphatic carboxylic acids is 1. The quantitative estimate of drug-likeness (QED) is 0.920. The van der Waals surface area contributed by atoms with Crippen molar-refractivity contribution < 1.29 is 19.2 Å². The summed E-state index contributed by atoms with van der Waals surface area (Å²) in [5.74, 6) is 0.145. The maximum absolute atomic E-state index is 11.8. The molecule has 0 radical (unpaired) electrons. The van der Waals surface area contributed by atoms with Crippen LogP contribution < -0.4 is 0 Å². The van der Waals surface area contributed by atoms with Crippen molar-refractivity contribution in [3.8, 4) is 11.3 Å². The predicted molar refractivity (Wildman–Crippen MR) is 90.9 cm³/mol. The number of aryl methyl sites for hydroxylation is 1. The van der Waals surface area contributed by atoms with Crippen LogP contribution in [-0.4, -0.2) is 47.4 Å². The smallest absolute Gasteiger partial charge is 0.313 e. The average molecular weight is 342 g/mol. The largest absolute Gasteiger partial charge is 0.481 e. The van der Waals surface area contributed by atoms with Crippen LogP contribution in [0.5, 0.6) is 0 Å². The van der Waals surface area contributed by atoms with Gasteiger partial charge in [0, 0.05) is 31.3 Å². The van der Waals surface area contributed by atoms with Crippen LogP contribution >= 0.6 is 0 Å². The van der Waals surface area contributed by atoms with Crippen molar-refractivity contribution in [2.75, 3.05) is 26.3 Å². The summed E-state index contributed by atoms with van der Waals surface area (Å²) in [6.45, 7) is 4.82. The van der Waals surface area contributed by atoms with Crippen molar-refractivity contribution in [1.82, 2.24) is 10.1 Å². The number of rotatable bonds is 4. The number of likely N-dealkylation sites (tertiary alicyclic amines) is 1. The van der Waals surface area contributed by atoms with E-state index in [1.54, 1.807) is 0 Å². The number of nitrogens with zero attached hydrogens (tertiary/aromatic N) is 2. The van der Waals surface area contributed by atoms with Gasteiger partial charge in [-0.2, -0.15) is 0 Å². The lowest BCUT2D eigenvalue weighted by Gasteiger charge is -2.34. The van der Waals surface area contributed by atoms with E-state index in [9.17, 15) is 9.90 Å². The van der Waals surface area contributed by atoms with Crippen LogP contribution in [0.4, 0.5) is 0 Å². The number of benzene rings is 1. The van der Waals surface area contributed by atoms with Crippen LogP contribution in [0.15, 0.2) is 34.9 Å². The Kier molecular flexibility index (Phi) is 4.09. The zero-order valence-electron chi connectivity index (χ0n) is 14.3. The van der Waals surface area contributed by atoms with E-state index in [0.717, 1.165) is 30.0 Å². The zero-order valence-corrected chi connectivity index (χ0v) is 14.3. The lowest BCUT2D eigenvalue weighted by Crippen LogP contribution is -2.46. The van der Waals surface area contributed by atoms with Crippen LogP contribution in [0.2, 0.25) is 0 Å². The number of hydrogen-bond donors (Lipinski definition) is 1. The van der Waals surface area contributed by atoms with Gasteiger partial charge < -0.3 is 14.4 Å². The molecule has 1 N–H and O–H groups in total. The lowest BCUT2D eigenvalue weighted by atomic mass is 9.76. The first-order valence-corrected chi connectivity index (χ1v) is 8.63. The summed E-state index contributed by atoms with van der Waals surface area (Å²) in [6, 6.07) is 10.1. The highest BCUT2D eigenvalue weighted by molar-refractivity contribution is 5.76. The van der Waals surface area contributed by atoms with Crippen LogP contribution in [0.3, 0.4) is 0 Å². The van der Waals surface area contributed by atoms with Crippen molar-refractivity contribution in [2.45, 2.75) is 19.9 Å². The molecule has 3 heterocycles. The molecule has 6 nitrogen and oxygen atoms in total. The fraction of sp³-hybridized carbons (Fsp3) is 0.474. The molecule has 2 aliphatic rings. The Morgan fingerprint density at radius 1 is 1.40 bits per heavy atom. The monoisotopic (exact) mass is 342 g/mol. The lowest BCUT2D eigenvalue weighted by molar-refractivity contribution is -0.159. The van der Waals surface area contributed by atoms with Gasteiger partial charge in [0.2, 0.25) is 0 Å². The van der Waals surface area contributed by atoms with E-state index in [1.165, 1.54) is 5.56 Å². The second-order valence-electron chi connectivity index (χ2n) is 7.21. The van der Waals surface area contributed by atoms with Gasteiger partial charge >= 0.3 is 5.97 Å². The molecular formula is C19H22N2O4. The summed E-state index contributed by atoms with van der Waals surface area (Å²) < 4.78 is 11.0. The highest BCUT2D eigenvalue weighted by Gasteiger charge is 2.54. The van der Waals surface area contributed by atoms with E-state index in [0.29, 0.717) is 26.3 Å². The summed E-state index contributed by atoms with van der Waals surface area (Å²) >= 11 is 0. The van der Waals surface area contributed by atoms with Crippen molar-refractivity contribution in [3.63, 3.8) is 0 Å². The van der Waals surface area contributed by atoms with Gasteiger partial charge in [-0.1, -0.05) is 35.0 Å². The Balaban J connectivity index is 1.48. The van der Waals surface area contributed by atoms with Crippen LogP contribution in [0.1, 0.15) is 17.7 Å². The third kappa shape index (κ3) is 2.96. The van der Waals surface area contributed by atoms with Crippen molar-refractivity contribution in [1.29, 1.82) is 0 Å². The zero-order chi connectivity index (χ0) is 17.4. The Morgan fingerprint density at radius 2 is 2.20 bits per heavy atom. The second kappa shape index (κ2) is 6.28. The van der Waals surface area contributed by atoms with Gasteiger partial charge in [0.25, 0.3) is 0 Å². The number of carboxylic acids is 1. The summed E-state index contributed by atoms with van der Waals surface area (Å²) in [6.07, 6.45) is 0.799. The molecule has 0 unspecified atom stereocenters. The minimum atomic E-state index is -0.780. The van der Waals surface area contributed by atoms with Gasteiger partial charge in [-0.25, -0.2) is 0 Å². The maximum atomic E-state index is 11.8. The first-order valence-electron chi connectivity index (χ1n) is 8.63. The molecule has 0 aliphatic carbocycles. The van der Waals surface area contributed by atoms with Gasteiger partial charge in [0.05, 0.1) is 13.2 Å². The number of carbonyl (C=O) groups is 1. The Morgan fingerprint density at radius 3 is 2.92 bits per heavy atom. The summed E-state index contributed by atoms with van der Waals surface area (Å²) in [5.41, 5.74) is 2.25. The summed E-state index contributed by atoms with van der Waals surface area (Å²) in [7, 11) is 0. The highest BCUT2D eigenvalue weighted by atomic mass is 16.5. The van der Waals surface area contributed by atoms with E-state index >= 15 is 0 Å². The van der Waals surface area contributed by atoms with Crippen LogP contribution in [-0.2, 0) is 16.1 Å². The normalized spacial score (nSPS) is 26.5. The van der Waals surface area contributed by atoms with E-state index in [1.807, 2.05) is 37.3 Å². The molecule has 132 valence electrons. The number of carboxylic acid groups (broad SMARTS) is 1. The summed E-state index contributed by atoms with van der Waals surface area (Å²) in [4.78, 5) is 14.0. The molecule has 2 atom stereocenters. The molecule has 0 spiro atoms. The third-order valence-corrected chi connectivity index (χ3v) is 5.45. The highest BCUT2D eigenvalue weighted by Crippen LogP contribution is 2.42. The second-order valence-corrected chi connectivity index (χ2v) is 7.21. The molecule has 2 aliphatic heterocycles. The van der Waals surface area contributed by atoms with E-state index in [4.69, 9.17) is 9.26 Å². The molecular weight excluding hydrogens is 320 g/mol. The van der Waals surface area contributed by atoms with Crippen molar-refractivity contribution in [3.05, 3.63) is 41.7 Å². The van der Waals surface area contributed by atoms with E-state index in [2.05, 4.69) is 10.1 Å². The molecule has 0 bridgehead atoms. The van der Waals surface area contributed by atoms with Gasteiger partial charge in [-0.15, -0.1) is 0 Å². The number of aromatic nitrogens is 1. The molecule has 0 saturated carbocycles. The molecule has 1 aromatic heterocycles. The van der Waals surface area contributed by atoms with Crippen LogP contribution in [0.25, 0.3) is 11.3 Å². The number of hydrogen-bond acceptors (Lipinski definition) is 5. The minimum Gasteiger partial charge on any atom is -0.481 e. The molecule has 2 aromatic rings. The fourth-order valence-corrected chi connectivity index (χ4v) is 3.98. The first kappa shape index (κ1) is 16.3. The van der Waals surface area contributed by atoms with Crippen molar-refractivity contribution >= 4 is 5.97 Å². The molecule has 6 heteroatoms. The molecule has 1 aromatic carbocycles. The maximum Gasteiger partial charge on any atom is 0.313 e. The Labute approximate surface area is 146 Å². The molecule has 25 heavy (non-hydrogen) atoms. The number of fused-ring (bicyclic) bond motifs is 1.